The molecular formula is C46H34N2O. The normalized spacial score (nSPS) is 11.5. The fourth-order valence-corrected chi connectivity index (χ4v) is 7.43. The van der Waals surface area contributed by atoms with Gasteiger partial charge in [0.2, 0.25) is 0 Å². The van der Waals surface area contributed by atoms with Gasteiger partial charge in [-0.05, 0) is 72.1 Å². The van der Waals surface area contributed by atoms with Gasteiger partial charge in [-0.15, -0.1) is 0 Å². The monoisotopic (exact) mass is 630 g/mol. The number of benzene rings is 8. The number of hydrogen-bond acceptors (Lipinski definition) is 3. The maximum absolute atomic E-state index is 7.00. The van der Waals surface area contributed by atoms with Crippen molar-refractivity contribution in [3.8, 4) is 0 Å². The zero-order chi connectivity index (χ0) is 32.9. The molecule has 0 spiro atoms. The number of fused-ring (bicyclic) bond motifs is 7. The molecule has 234 valence electrons. The third kappa shape index (κ3) is 4.74. The third-order valence-corrected chi connectivity index (χ3v) is 9.67. The lowest BCUT2D eigenvalue weighted by Crippen LogP contribution is -2.11. The maximum atomic E-state index is 7.00. The number of nitrogens with zero attached hydrogens (tertiary/aromatic N) is 2. The number of hydrogen-bond donors (Lipinski definition) is 0. The van der Waals surface area contributed by atoms with Crippen molar-refractivity contribution in [3.05, 3.63) is 181 Å². The van der Waals surface area contributed by atoms with Crippen molar-refractivity contribution >= 4 is 77.6 Å². The fraction of sp³-hybridized carbons (Fsp3) is 0.0435. The highest BCUT2D eigenvalue weighted by Crippen LogP contribution is 2.49. The van der Waals surface area contributed by atoms with Gasteiger partial charge in [0.05, 0.1) is 11.4 Å². The van der Waals surface area contributed by atoms with Crippen LogP contribution in [0.15, 0.2) is 174 Å². The van der Waals surface area contributed by atoms with E-state index in [0.717, 1.165) is 56.1 Å². The summed E-state index contributed by atoms with van der Waals surface area (Å²) in [5.41, 5.74) is 10.8. The second-order valence-corrected chi connectivity index (χ2v) is 12.6. The van der Waals surface area contributed by atoms with Gasteiger partial charge in [0.15, 0.2) is 0 Å². The van der Waals surface area contributed by atoms with Crippen LogP contribution in [0.4, 0.5) is 34.1 Å². The van der Waals surface area contributed by atoms with Crippen LogP contribution >= 0.6 is 0 Å². The van der Waals surface area contributed by atoms with E-state index in [9.17, 15) is 0 Å². The first-order valence-electron chi connectivity index (χ1n) is 16.8. The van der Waals surface area contributed by atoms with E-state index >= 15 is 0 Å². The smallest absolute Gasteiger partial charge is 0.138 e. The molecule has 0 saturated carbocycles. The Hall–Kier alpha value is -6.32. The van der Waals surface area contributed by atoms with Gasteiger partial charge in [-0.3, -0.25) is 0 Å². The molecule has 0 aliphatic rings. The van der Waals surface area contributed by atoms with E-state index < -0.39 is 0 Å². The van der Waals surface area contributed by atoms with Gasteiger partial charge in [-0.1, -0.05) is 121 Å². The summed E-state index contributed by atoms with van der Waals surface area (Å²) < 4.78 is 7.00. The highest BCUT2D eigenvalue weighted by Gasteiger charge is 2.24. The maximum Gasteiger partial charge on any atom is 0.138 e. The lowest BCUT2D eigenvalue weighted by Gasteiger charge is -2.28. The summed E-state index contributed by atoms with van der Waals surface area (Å²) in [6.45, 7) is 4.35. The molecule has 0 unspecified atom stereocenters. The molecular weight excluding hydrogens is 597 g/mol. The molecule has 3 heteroatoms. The van der Waals surface area contributed by atoms with Gasteiger partial charge in [-0.2, -0.15) is 0 Å². The predicted octanol–water partition coefficient (Wildman–Crippen LogP) is 13.4. The van der Waals surface area contributed by atoms with Gasteiger partial charge in [0, 0.05) is 56.4 Å². The highest BCUT2D eigenvalue weighted by atomic mass is 16.3. The molecule has 0 saturated heterocycles. The largest absolute Gasteiger partial charge is 0.456 e. The average molecular weight is 631 g/mol. The zero-order valence-electron chi connectivity index (χ0n) is 27.5. The molecule has 3 nitrogen and oxygen atoms in total. The molecule has 0 amide bonds. The van der Waals surface area contributed by atoms with Crippen LogP contribution in [0.3, 0.4) is 0 Å². The van der Waals surface area contributed by atoms with Crippen molar-refractivity contribution in [3.63, 3.8) is 0 Å². The van der Waals surface area contributed by atoms with E-state index in [1.807, 2.05) is 0 Å². The van der Waals surface area contributed by atoms with Gasteiger partial charge >= 0.3 is 0 Å². The highest BCUT2D eigenvalue weighted by molar-refractivity contribution is 6.30. The third-order valence-electron chi connectivity index (χ3n) is 9.67. The molecule has 0 aliphatic carbocycles. The molecule has 0 aliphatic heterocycles. The fourth-order valence-electron chi connectivity index (χ4n) is 7.43. The number of rotatable bonds is 6. The van der Waals surface area contributed by atoms with Crippen molar-refractivity contribution in [1.82, 2.24) is 0 Å². The Balaban J connectivity index is 1.38. The first kappa shape index (κ1) is 28.9. The first-order chi connectivity index (χ1) is 24.2. The molecule has 9 rings (SSSR count). The lowest BCUT2D eigenvalue weighted by molar-refractivity contribution is 0.669. The Morgan fingerprint density at radius 2 is 0.694 bits per heavy atom. The molecule has 0 atom stereocenters. The van der Waals surface area contributed by atoms with Crippen LogP contribution in [-0.4, -0.2) is 0 Å². The van der Waals surface area contributed by atoms with Crippen LogP contribution < -0.4 is 9.80 Å². The van der Waals surface area contributed by atoms with Crippen LogP contribution in [0.2, 0.25) is 0 Å². The van der Waals surface area contributed by atoms with Crippen LogP contribution in [0.5, 0.6) is 0 Å². The van der Waals surface area contributed by atoms with E-state index in [0.29, 0.717) is 0 Å². The van der Waals surface area contributed by atoms with Gasteiger partial charge < -0.3 is 14.2 Å². The molecule has 1 heterocycles. The van der Waals surface area contributed by atoms with Gasteiger partial charge in [0.25, 0.3) is 0 Å². The molecule has 49 heavy (non-hydrogen) atoms. The van der Waals surface area contributed by atoms with Crippen molar-refractivity contribution in [2.45, 2.75) is 13.8 Å². The number of para-hydroxylation sites is 4. The van der Waals surface area contributed by atoms with Crippen LogP contribution in [0.25, 0.3) is 43.5 Å². The minimum atomic E-state index is 0.864. The summed E-state index contributed by atoms with van der Waals surface area (Å²) in [7, 11) is 0. The van der Waals surface area contributed by atoms with Crippen molar-refractivity contribution in [2.24, 2.45) is 0 Å². The Labute approximate surface area is 285 Å². The average Bonchev–Trinajstić information content (AvgIpc) is 3.53. The molecule has 1 aromatic heterocycles. The SMILES string of the molecule is Cc1ccccc1N(c1ccccc1)c1cc2oc3cc(N(c4ccccc4)c4ccccc4C)c4ccccc4c3c2c2ccccc12. The quantitative estimate of drug-likeness (QED) is 0.182. The lowest BCUT2D eigenvalue weighted by atomic mass is 9.96. The molecule has 0 N–H and O–H groups in total. The minimum absolute atomic E-state index is 0.864. The zero-order valence-corrected chi connectivity index (χ0v) is 27.5. The first-order valence-corrected chi connectivity index (χ1v) is 16.8. The Bertz CT molecular complexity index is 2460. The molecule has 8 aromatic carbocycles. The Morgan fingerprint density at radius 1 is 0.347 bits per heavy atom. The second kappa shape index (κ2) is 11.7. The van der Waals surface area contributed by atoms with Crippen molar-refractivity contribution < 1.29 is 4.42 Å². The molecule has 0 radical (unpaired) electrons. The van der Waals surface area contributed by atoms with E-state index in [2.05, 4.69) is 194 Å². The van der Waals surface area contributed by atoms with Gasteiger partial charge in [-0.25, -0.2) is 0 Å². The van der Waals surface area contributed by atoms with Crippen LogP contribution in [-0.2, 0) is 0 Å². The number of aryl methyl sites for hydroxylation is 2. The number of furan rings is 1. The van der Waals surface area contributed by atoms with Crippen molar-refractivity contribution in [1.29, 1.82) is 0 Å². The topological polar surface area (TPSA) is 19.6 Å². The second-order valence-electron chi connectivity index (χ2n) is 12.6. The summed E-state index contributed by atoms with van der Waals surface area (Å²) in [6, 6.07) is 60.4. The van der Waals surface area contributed by atoms with Crippen LogP contribution in [0, 0.1) is 13.8 Å². The molecule has 9 aromatic rings. The van der Waals surface area contributed by atoms with E-state index in [1.165, 1.54) is 32.7 Å². The Morgan fingerprint density at radius 3 is 1.10 bits per heavy atom. The summed E-state index contributed by atoms with van der Waals surface area (Å²) in [6.07, 6.45) is 0. The number of anilines is 6. The molecule has 0 bridgehead atoms. The Kier molecular flexibility index (Phi) is 6.91. The summed E-state index contributed by atoms with van der Waals surface area (Å²) in [4.78, 5) is 4.73. The summed E-state index contributed by atoms with van der Waals surface area (Å²) in [5.74, 6) is 0. The van der Waals surface area contributed by atoms with Crippen molar-refractivity contribution in [2.75, 3.05) is 9.80 Å². The standard InChI is InChI=1S/C46H34N2O/c1-31-17-9-15-27-39(31)47(33-19-5-3-6-20-33)41-29-43-45(37-25-13-11-23-35(37)41)46-38-26-14-12-24-36(38)42(30-44(46)49-43)48(34-21-7-4-8-22-34)40-28-16-10-18-32(40)2/h3-30H,1-2H3. The van der Waals surface area contributed by atoms with Gasteiger partial charge in [0.1, 0.15) is 11.2 Å². The predicted molar refractivity (Wildman–Crippen MR) is 208 cm³/mol. The van der Waals surface area contributed by atoms with E-state index in [1.54, 1.807) is 0 Å². The summed E-state index contributed by atoms with van der Waals surface area (Å²) >= 11 is 0. The molecule has 0 fully saturated rings. The summed E-state index contributed by atoms with van der Waals surface area (Å²) in [5, 5.41) is 6.95. The van der Waals surface area contributed by atoms with Crippen LogP contribution in [0.1, 0.15) is 11.1 Å². The van der Waals surface area contributed by atoms with E-state index in [-0.39, 0.29) is 0 Å². The minimum Gasteiger partial charge on any atom is -0.456 e. The van der Waals surface area contributed by atoms with E-state index in [4.69, 9.17) is 4.42 Å².